The van der Waals surface area contributed by atoms with E-state index in [1.165, 1.54) is 21.5 Å². The van der Waals surface area contributed by atoms with E-state index in [2.05, 4.69) is 57.9 Å². The minimum Gasteiger partial charge on any atom is -0.295 e. The first-order valence-corrected chi connectivity index (χ1v) is 13.6. The van der Waals surface area contributed by atoms with E-state index in [1.54, 1.807) is 18.8 Å². The SMILES string of the molecule is [Cl][Pt+].[c-]1c(C=Nc2ccccc2)c2ccc3cccc4ccc(c1C=Nc1ccccc1)c2c34. The first-order valence-electron chi connectivity index (χ1n) is 10.8. The number of para-hydroxylation sites is 2. The molecule has 0 heterocycles. The van der Waals surface area contributed by atoms with Crippen LogP contribution in [0.2, 0.25) is 0 Å². The number of benzene rings is 6. The Morgan fingerprint density at radius 2 is 1.00 bits per heavy atom. The molecule has 0 fully saturated rings. The first-order chi connectivity index (χ1) is 16.9. The van der Waals surface area contributed by atoms with E-state index in [0.717, 1.165) is 33.3 Å². The zero-order valence-electron chi connectivity index (χ0n) is 18.1. The zero-order valence-corrected chi connectivity index (χ0v) is 21.1. The van der Waals surface area contributed by atoms with Crippen molar-refractivity contribution >= 4 is 65.5 Å². The van der Waals surface area contributed by atoms with Crippen molar-refractivity contribution in [2.24, 2.45) is 9.98 Å². The van der Waals surface area contributed by atoms with E-state index in [1.807, 2.05) is 73.1 Å². The molecule has 34 heavy (non-hydrogen) atoms. The summed E-state index contributed by atoms with van der Waals surface area (Å²) in [5.74, 6) is 0. The van der Waals surface area contributed by atoms with Crippen LogP contribution < -0.4 is 0 Å². The first kappa shape index (κ1) is 22.5. The molecule has 166 valence electrons. The molecule has 0 aromatic heterocycles. The second-order valence-electron chi connectivity index (χ2n) is 7.82. The van der Waals surface area contributed by atoms with Crippen LogP contribution in [0.5, 0.6) is 0 Å². The van der Waals surface area contributed by atoms with Gasteiger partial charge in [0.1, 0.15) is 0 Å². The average Bonchev–Trinajstić information content (AvgIpc) is 2.92. The minimum atomic E-state index is 0.922. The van der Waals surface area contributed by atoms with Crippen molar-refractivity contribution < 1.29 is 18.8 Å². The Morgan fingerprint density at radius 1 is 0.529 bits per heavy atom. The van der Waals surface area contributed by atoms with Crippen molar-refractivity contribution in [3.8, 4) is 0 Å². The summed E-state index contributed by atoms with van der Waals surface area (Å²) in [6, 6.07) is 38.8. The summed E-state index contributed by atoms with van der Waals surface area (Å²) in [4.78, 5) is 9.43. The van der Waals surface area contributed by atoms with Crippen molar-refractivity contribution in [1.82, 2.24) is 0 Å². The molecule has 0 unspecified atom stereocenters. The van der Waals surface area contributed by atoms with Crippen LogP contribution in [-0.4, -0.2) is 12.4 Å². The summed E-state index contributed by atoms with van der Waals surface area (Å²) in [6.07, 6.45) is 3.84. The Labute approximate surface area is 213 Å². The standard InChI is InChI=1S/C30H19N2.ClH.Pt/c1-3-10-25(11-4-1)31-19-23-18-24(20-32-26-12-5-2-6-13-26)28-17-15-22-9-7-8-21-14-16-27(23)30(28)29(21)22;;/h1-17,19-20H;1H;/q-1;;+2/p-1. The third-order valence-electron chi connectivity index (χ3n) is 5.82. The maximum atomic E-state index is 4.72. The van der Waals surface area contributed by atoms with Gasteiger partial charge in [0.25, 0.3) is 0 Å². The second kappa shape index (κ2) is 10.3. The summed E-state index contributed by atoms with van der Waals surface area (Å²) >= 11 is 1.61. The molecule has 6 aromatic rings. The Balaban J connectivity index is 0.00000117. The van der Waals surface area contributed by atoms with Crippen molar-refractivity contribution in [3.05, 3.63) is 120 Å². The molecule has 6 aromatic carbocycles. The van der Waals surface area contributed by atoms with Gasteiger partial charge in [0.15, 0.2) is 0 Å². The summed E-state index contributed by atoms with van der Waals surface area (Å²) in [5, 5.41) is 7.30. The van der Waals surface area contributed by atoms with Gasteiger partial charge in [0.05, 0.1) is 11.4 Å². The molecular weight excluding hydrogens is 619 g/mol. The normalized spacial score (nSPS) is 11.6. The smallest absolute Gasteiger partial charge is 0.0538 e. The molecule has 0 saturated carbocycles. The van der Waals surface area contributed by atoms with Crippen molar-refractivity contribution in [1.29, 1.82) is 0 Å². The number of aliphatic imine (C=N–C) groups is 2. The van der Waals surface area contributed by atoms with Crippen LogP contribution in [0, 0.1) is 6.07 Å². The molecule has 4 heteroatoms. The molecule has 0 bridgehead atoms. The average molecular weight is 638 g/mol. The van der Waals surface area contributed by atoms with Gasteiger partial charge in [-0.2, -0.15) is 0 Å². The van der Waals surface area contributed by atoms with Gasteiger partial charge in [-0.15, -0.1) is 6.07 Å². The Kier molecular flexibility index (Phi) is 6.81. The minimum absolute atomic E-state index is 0.922. The maximum absolute atomic E-state index is 4.72. The molecule has 0 atom stereocenters. The van der Waals surface area contributed by atoms with Crippen molar-refractivity contribution in [2.75, 3.05) is 0 Å². The Morgan fingerprint density at radius 3 is 1.47 bits per heavy atom. The van der Waals surface area contributed by atoms with E-state index < -0.39 is 0 Å². The molecule has 2 nitrogen and oxygen atoms in total. The van der Waals surface area contributed by atoms with Gasteiger partial charge in [-0.25, -0.2) is 0 Å². The van der Waals surface area contributed by atoms with Crippen LogP contribution in [0.4, 0.5) is 11.4 Å². The Bertz CT molecular complexity index is 1500. The summed E-state index contributed by atoms with van der Waals surface area (Å²) in [6.45, 7) is 0. The van der Waals surface area contributed by atoms with Gasteiger partial charge >= 0.3 is 28.2 Å². The fourth-order valence-electron chi connectivity index (χ4n) is 4.32. The predicted molar refractivity (Wildman–Crippen MR) is 142 cm³/mol. The quantitative estimate of drug-likeness (QED) is 0.105. The predicted octanol–water partition coefficient (Wildman–Crippen LogP) is 8.57. The monoisotopic (exact) mass is 637 g/mol. The van der Waals surface area contributed by atoms with Crippen LogP contribution in [-0.2, 0) is 18.8 Å². The fraction of sp³-hybridized carbons (Fsp3) is 0. The third kappa shape index (κ3) is 4.40. The third-order valence-corrected chi connectivity index (χ3v) is 5.82. The van der Waals surface area contributed by atoms with Gasteiger partial charge in [-0.1, -0.05) is 106 Å². The zero-order chi connectivity index (χ0) is 23.3. The van der Waals surface area contributed by atoms with E-state index in [0.29, 0.717) is 0 Å². The van der Waals surface area contributed by atoms with Crippen LogP contribution in [0.25, 0.3) is 32.3 Å². The number of rotatable bonds is 4. The summed E-state index contributed by atoms with van der Waals surface area (Å²) < 4.78 is 0. The molecule has 0 aliphatic heterocycles. The van der Waals surface area contributed by atoms with E-state index in [4.69, 9.17) is 9.98 Å². The van der Waals surface area contributed by atoms with Crippen molar-refractivity contribution in [3.63, 3.8) is 0 Å². The number of hydrogen-bond donors (Lipinski definition) is 0. The van der Waals surface area contributed by atoms with Gasteiger partial charge in [-0.3, -0.25) is 9.98 Å². The molecule has 0 aliphatic rings. The second-order valence-corrected chi connectivity index (χ2v) is 7.82. The van der Waals surface area contributed by atoms with Crippen LogP contribution in [0.15, 0.2) is 113 Å². The van der Waals surface area contributed by atoms with Gasteiger partial charge in [0, 0.05) is 0 Å². The molecule has 0 radical (unpaired) electrons. The largest absolute Gasteiger partial charge is 0.295 e. The number of hydrogen-bond acceptors (Lipinski definition) is 2. The van der Waals surface area contributed by atoms with E-state index in [9.17, 15) is 0 Å². The topological polar surface area (TPSA) is 24.7 Å². The van der Waals surface area contributed by atoms with Crippen LogP contribution in [0.3, 0.4) is 0 Å². The number of nitrogens with zero attached hydrogens (tertiary/aromatic N) is 2. The molecule has 0 saturated heterocycles. The van der Waals surface area contributed by atoms with Gasteiger partial charge < -0.3 is 0 Å². The van der Waals surface area contributed by atoms with Crippen LogP contribution >= 0.6 is 9.42 Å². The molecule has 0 amide bonds. The molecule has 0 aliphatic carbocycles. The maximum Gasteiger partial charge on any atom is 0.0538 e. The molecular formula is C30H19ClN2Pt. The van der Waals surface area contributed by atoms with Gasteiger partial charge in [0.2, 0.25) is 0 Å². The molecule has 0 spiro atoms. The van der Waals surface area contributed by atoms with E-state index >= 15 is 0 Å². The van der Waals surface area contributed by atoms with Crippen LogP contribution in [0.1, 0.15) is 11.1 Å². The van der Waals surface area contributed by atoms with Gasteiger partial charge in [-0.05, 0) is 52.9 Å². The summed E-state index contributed by atoms with van der Waals surface area (Å²) in [5.41, 5.74) is 3.78. The Hall–Kier alpha value is -3.32. The molecule has 6 rings (SSSR count). The van der Waals surface area contributed by atoms with Crippen molar-refractivity contribution in [2.45, 2.75) is 0 Å². The van der Waals surface area contributed by atoms with E-state index in [-0.39, 0.29) is 0 Å². The summed E-state index contributed by atoms with van der Waals surface area (Å²) in [7, 11) is 4.61. The molecule has 0 N–H and O–H groups in total. The number of halogens is 1. The fourth-order valence-corrected chi connectivity index (χ4v) is 4.32.